The highest BCUT2D eigenvalue weighted by atomic mass is 32.1. The summed E-state index contributed by atoms with van der Waals surface area (Å²) in [4.78, 5) is 4.84. The van der Waals surface area contributed by atoms with Gasteiger partial charge in [0.2, 0.25) is 0 Å². The summed E-state index contributed by atoms with van der Waals surface area (Å²) in [5, 5.41) is 0.378. The molecule has 0 radical (unpaired) electrons. The molecule has 1 saturated heterocycles. The van der Waals surface area contributed by atoms with Crippen molar-refractivity contribution >= 4 is 18.3 Å². The van der Waals surface area contributed by atoms with Gasteiger partial charge < -0.3 is 4.90 Å². The third-order valence-electron chi connectivity index (χ3n) is 2.96. The fourth-order valence-electron chi connectivity index (χ4n) is 1.99. The van der Waals surface area contributed by atoms with E-state index >= 15 is 0 Å². The lowest BCUT2D eigenvalue weighted by Gasteiger charge is -2.37. The van der Waals surface area contributed by atoms with Crippen molar-refractivity contribution in [3.63, 3.8) is 0 Å². The van der Waals surface area contributed by atoms with E-state index in [2.05, 4.69) is 59.7 Å². The highest BCUT2D eigenvalue weighted by molar-refractivity contribution is 7.80. The third kappa shape index (κ3) is 2.67. The van der Waals surface area contributed by atoms with Gasteiger partial charge in [0, 0.05) is 31.9 Å². The summed E-state index contributed by atoms with van der Waals surface area (Å²) in [6, 6.07) is 10.6. The summed E-state index contributed by atoms with van der Waals surface area (Å²) in [5.41, 5.74) is 1.34. The summed E-state index contributed by atoms with van der Waals surface area (Å²) < 4.78 is 0. The molecule has 1 fully saturated rings. The summed E-state index contributed by atoms with van der Waals surface area (Å²) in [6.07, 6.45) is 0. The van der Waals surface area contributed by atoms with E-state index in [9.17, 15) is 0 Å². The third-order valence-corrected chi connectivity index (χ3v) is 3.29. The zero-order valence-corrected chi connectivity index (χ0v) is 10.0. The van der Waals surface area contributed by atoms with Crippen LogP contribution in [0.4, 0.5) is 5.69 Å². The Balaban J connectivity index is 1.94. The van der Waals surface area contributed by atoms with Crippen LogP contribution in [0.15, 0.2) is 30.3 Å². The molecule has 15 heavy (non-hydrogen) atoms. The topological polar surface area (TPSA) is 6.48 Å². The highest BCUT2D eigenvalue weighted by Crippen LogP contribution is 2.16. The second-order valence-corrected chi connectivity index (χ2v) is 4.74. The molecule has 2 nitrogen and oxygen atoms in total. The summed E-state index contributed by atoms with van der Waals surface area (Å²) in [7, 11) is 0. The molecule has 1 aromatic carbocycles. The predicted molar refractivity (Wildman–Crippen MR) is 68.7 cm³/mol. The van der Waals surface area contributed by atoms with Gasteiger partial charge in [0.05, 0.1) is 5.37 Å². The molecule has 1 aliphatic rings. The minimum atomic E-state index is 0.378. The smallest absolute Gasteiger partial charge is 0.0500 e. The van der Waals surface area contributed by atoms with E-state index in [1.165, 1.54) is 5.69 Å². The molecule has 0 amide bonds. The van der Waals surface area contributed by atoms with E-state index in [0.717, 1.165) is 26.2 Å². The second-order valence-electron chi connectivity index (χ2n) is 3.99. The molecule has 1 atom stereocenters. The van der Waals surface area contributed by atoms with E-state index in [-0.39, 0.29) is 0 Å². The molecule has 1 aromatic rings. The van der Waals surface area contributed by atoms with Gasteiger partial charge in [-0.3, -0.25) is 4.90 Å². The van der Waals surface area contributed by atoms with Crippen molar-refractivity contribution in [3.8, 4) is 0 Å². The maximum Gasteiger partial charge on any atom is 0.0500 e. The Morgan fingerprint density at radius 3 is 2.20 bits per heavy atom. The molecule has 82 valence electrons. The van der Waals surface area contributed by atoms with Gasteiger partial charge >= 0.3 is 0 Å². The average molecular weight is 222 g/mol. The van der Waals surface area contributed by atoms with E-state index < -0.39 is 0 Å². The molecular weight excluding hydrogens is 204 g/mol. The van der Waals surface area contributed by atoms with Crippen molar-refractivity contribution in [1.29, 1.82) is 0 Å². The molecule has 0 bridgehead atoms. The van der Waals surface area contributed by atoms with E-state index in [4.69, 9.17) is 0 Å². The van der Waals surface area contributed by atoms with Gasteiger partial charge in [-0.25, -0.2) is 0 Å². The average Bonchev–Trinajstić information content (AvgIpc) is 2.30. The molecule has 1 heterocycles. The lowest BCUT2D eigenvalue weighted by Crippen LogP contribution is -2.48. The Hall–Kier alpha value is -0.670. The van der Waals surface area contributed by atoms with Crippen LogP contribution in [0.2, 0.25) is 0 Å². The Bertz CT molecular complexity index is 292. The molecular formula is C12H18N2S. The number of rotatable bonds is 2. The minimum absolute atomic E-state index is 0.378. The number of benzene rings is 1. The molecule has 0 aliphatic carbocycles. The Morgan fingerprint density at radius 1 is 1.07 bits per heavy atom. The van der Waals surface area contributed by atoms with Crippen molar-refractivity contribution < 1.29 is 0 Å². The Labute approximate surface area is 97.3 Å². The Morgan fingerprint density at radius 2 is 1.67 bits per heavy atom. The van der Waals surface area contributed by atoms with Crippen LogP contribution in [0.1, 0.15) is 6.92 Å². The summed E-state index contributed by atoms with van der Waals surface area (Å²) in [6.45, 7) is 6.57. The zero-order valence-electron chi connectivity index (χ0n) is 9.13. The van der Waals surface area contributed by atoms with Gasteiger partial charge in [-0.05, 0) is 19.1 Å². The second kappa shape index (κ2) is 4.90. The van der Waals surface area contributed by atoms with E-state index in [1.54, 1.807) is 0 Å². The zero-order chi connectivity index (χ0) is 10.7. The molecule has 1 unspecified atom stereocenters. The van der Waals surface area contributed by atoms with Crippen LogP contribution in [0.5, 0.6) is 0 Å². The lowest BCUT2D eigenvalue weighted by molar-refractivity contribution is 0.252. The van der Waals surface area contributed by atoms with Crippen molar-refractivity contribution in [2.45, 2.75) is 12.3 Å². The van der Waals surface area contributed by atoms with Gasteiger partial charge in [0.1, 0.15) is 0 Å². The fraction of sp³-hybridized carbons (Fsp3) is 0.500. The van der Waals surface area contributed by atoms with Crippen molar-refractivity contribution in [2.75, 3.05) is 31.1 Å². The maximum atomic E-state index is 4.47. The van der Waals surface area contributed by atoms with Crippen molar-refractivity contribution in [1.82, 2.24) is 4.90 Å². The number of hydrogen-bond acceptors (Lipinski definition) is 3. The van der Waals surface area contributed by atoms with Crippen molar-refractivity contribution in [2.24, 2.45) is 0 Å². The van der Waals surface area contributed by atoms with Crippen LogP contribution in [0, 0.1) is 0 Å². The predicted octanol–water partition coefficient (Wildman–Crippen LogP) is 2.08. The van der Waals surface area contributed by atoms with E-state index in [0.29, 0.717) is 5.37 Å². The molecule has 0 N–H and O–H groups in total. The highest BCUT2D eigenvalue weighted by Gasteiger charge is 2.18. The van der Waals surface area contributed by atoms with Gasteiger partial charge in [-0.1, -0.05) is 18.2 Å². The number of nitrogens with zero attached hydrogens (tertiary/aromatic N) is 2. The quantitative estimate of drug-likeness (QED) is 0.766. The van der Waals surface area contributed by atoms with E-state index in [1.807, 2.05) is 0 Å². The SMILES string of the molecule is CC(S)N1CCN(c2ccccc2)CC1. The first-order valence-corrected chi connectivity index (χ1v) is 6.01. The van der Waals surface area contributed by atoms with Crippen molar-refractivity contribution in [3.05, 3.63) is 30.3 Å². The monoisotopic (exact) mass is 222 g/mol. The maximum absolute atomic E-state index is 4.47. The number of anilines is 1. The van der Waals surface area contributed by atoms with Crippen LogP contribution >= 0.6 is 12.6 Å². The summed E-state index contributed by atoms with van der Waals surface area (Å²) in [5.74, 6) is 0. The van der Waals surface area contributed by atoms with Crippen LogP contribution in [-0.2, 0) is 0 Å². The molecule has 2 rings (SSSR count). The number of piperazine rings is 1. The standard InChI is InChI=1S/C12H18N2S/c1-11(15)13-7-9-14(10-8-13)12-5-3-2-4-6-12/h2-6,11,15H,7-10H2,1H3. The molecule has 1 aliphatic heterocycles. The summed E-state index contributed by atoms with van der Waals surface area (Å²) >= 11 is 4.47. The normalized spacial score (nSPS) is 20.3. The van der Waals surface area contributed by atoms with Crippen LogP contribution in [-0.4, -0.2) is 36.5 Å². The fourth-order valence-corrected chi connectivity index (χ4v) is 2.22. The number of hydrogen-bond donors (Lipinski definition) is 1. The first-order chi connectivity index (χ1) is 7.27. The van der Waals surface area contributed by atoms with Gasteiger partial charge in [-0.15, -0.1) is 0 Å². The molecule has 3 heteroatoms. The van der Waals surface area contributed by atoms with Gasteiger partial charge in [-0.2, -0.15) is 12.6 Å². The van der Waals surface area contributed by atoms with Gasteiger partial charge in [0.15, 0.2) is 0 Å². The number of para-hydroxylation sites is 1. The van der Waals surface area contributed by atoms with Crippen LogP contribution in [0.3, 0.4) is 0 Å². The molecule has 0 saturated carbocycles. The van der Waals surface area contributed by atoms with Gasteiger partial charge in [0.25, 0.3) is 0 Å². The van der Waals surface area contributed by atoms with Crippen LogP contribution in [0.25, 0.3) is 0 Å². The Kier molecular flexibility index (Phi) is 3.54. The molecule has 0 aromatic heterocycles. The first-order valence-electron chi connectivity index (χ1n) is 5.49. The van der Waals surface area contributed by atoms with Crippen LogP contribution < -0.4 is 4.90 Å². The molecule has 0 spiro atoms. The lowest BCUT2D eigenvalue weighted by atomic mass is 10.2. The first kappa shape index (κ1) is 10.8. The minimum Gasteiger partial charge on any atom is -0.369 e. The number of thiol groups is 1. The largest absolute Gasteiger partial charge is 0.369 e.